The molecule has 0 spiro atoms. The highest BCUT2D eigenvalue weighted by Gasteiger charge is 2.33. The van der Waals surface area contributed by atoms with Gasteiger partial charge in [-0.05, 0) is 31.2 Å². The smallest absolute Gasteiger partial charge is 0.409 e. The van der Waals surface area contributed by atoms with Gasteiger partial charge in [-0.15, -0.1) is 0 Å². The number of nitrogens with two attached hydrogens (primary N) is 1. The van der Waals surface area contributed by atoms with Gasteiger partial charge in [0, 0.05) is 32.2 Å². The normalized spacial score (nSPS) is 16.5. The van der Waals surface area contributed by atoms with E-state index >= 15 is 0 Å². The number of nitrogen functional groups attached to an aromatic ring is 1. The van der Waals surface area contributed by atoms with Crippen LogP contribution in [0.25, 0.3) is 5.69 Å². The molecule has 1 aromatic heterocycles. The third-order valence-corrected chi connectivity index (χ3v) is 7.36. The topological polar surface area (TPSA) is 161 Å². The number of carbonyl (C=O) groups is 3. The molecule has 13 heteroatoms. The first-order valence-corrected chi connectivity index (χ1v) is 11.5. The molecule has 2 aromatic rings. The maximum Gasteiger partial charge on any atom is 0.409 e. The lowest BCUT2D eigenvalue weighted by atomic mass is 10.1. The van der Waals surface area contributed by atoms with Crippen LogP contribution in [0.15, 0.2) is 40.0 Å². The van der Waals surface area contributed by atoms with Gasteiger partial charge in [0.15, 0.2) is 0 Å². The molecule has 0 aliphatic carbocycles. The summed E-state index contributed by atoms with van der Waals surface area (Å²) >= 11 is 0. The first kappa shape index (κ1) is 22.5. The van der Waals surface area contributed by atoms with Crippen molar-refractivity contribution >= 4 is 33.7 Å². The summed E-state index contributed by atoms with van der Waals surface area (Å²) in [6.45, 7) is 2.58. The van der Waals surface area contributed by atoms with E-state index in [9.17, 15) is 27.6 Å². The molecule has 0 bridgehead atoms. The van der Waals surface area contributed by atoms with E-state index in [-0.39, 0.29) is 60.3 Å². The number of amides is 3. The average molecular weight is 475 g/mol. The minimum absolute atomic E-state index is 0.00321. The fraction of sp³-hybridized carbons (Fsp3) is 0.300. The van der Waals surface area contributed by atoms with Gasteiger partial charge in [-0.25, -0.2) is 13.2 Å². The number of rotatable bonds is 4. The van der Waals surface area contributed by atoms with E-state index in [2.05, 4.69) is 5.32 Å². The number of fused-ring (bicyclic) bond motifs is 1. The molecule has 4 rings (SSSR count). The number of piperazine rings is 1. The lowest BCUT2D eigenvalue weighted by Crippen LogP contribution is -2.50. The number of ether oxygens (including phenoxy) is 1. The first-order valence-electron chi connectivity index (χ1n) is 10.1. The number of aromatic nitrogens is 1. The molecule has 174 valence electrons. The van der Waals surface area contributed by atoms with Crippen LogP contribution in [0.1, 0.15) is 27.6 Å². The minimum Gasteiger partial charge on any atom is -0.450 e. The van der Waals surface area contributed by atoms with Crippen molar-refractivity contribution in [3.05, 3.63) is 51.8 Å². The lowest BCUT2D eigenvalue weighted by molar-refractivity contribution is 0.0878. The molecule has 1 saturated heterocycles. The van der Waals surface area contributed by atoms with Gasteiger partial charge < -0.3 is 15.4 Å². The Balaban J connectivity index is 1.58. The fourth-order valence-corrected chi connectivity index (χ4v) is 5.21. The zero-order chi connectivity index (χ0) is 23.9. The molecule has 0 saturated carbocycles. The standard InChI is InChI=1S/C20H21N5O7S/c1-2-32-20(29)23-7-9-24(10-8-23)33(30,31)13-5-3-12(4-6-13)25-15(26)11-14-16(17(25)21)19(28)22-18(14)27/h3-6,11H,2,7-10,21H2,1H3,(H,22,27,28). The van der Waals surface area contributed by atoms with Gasteiger partial charge >= 0.3 is 6.09 Å². The summed E-state index contributed by atoms with van der Waals surface area (Å²) in [5.41, 5.74) is 5.40. The van der Waals surface area contributed by atoms with Gasteiger partial charge in [-0.3, -0.25) is 24.3 Å². The highest BCUT2D eigenvalue weighted by molar-refractivity contribution is 7.89. The number of nitrogens with one attached hydrogen (secondary N) is 1. The van der Waals surface area contributed by atoms with E-state index in [4.69, 9.17) is 10.5 Å². The van der Waals surface area contributed by atoms with E-state index in [1.165, 1.54) is 33.5 Å². The van der Waals surface area contributed by atoms with Crippen molar-refractivity contribution < 1.29 is 27.5 Å². The summed E-state index contributed by atoms with van der Waals surface area (Å²) in [4.78, 5) is 49.6. The monoisotopic (exact) mass is 475 g/mol. The number of nitrogens with zero attached hydrogens (tertiary/aromatic N) is 3. The van der Waals surface area contributed by atoms with Crippen molar-refractivity contribution in [3.63, 3.8) is 0 Å². The Hall–Kier alpha value is -3.71. The lowest BCUT2D eigenvalue weighted by Gasteiger charge is -2.33. The molecule has 3 N–H and O–H groups in total. The molecular formula is C20H21N5O7S. The van der Waals surface area contributed by atoms with E-state index < -0.39 is 33.5 Å². The summed E-state index contributed by atoms with van der Waals surface area (Å²) in [5.74, 6) is -1.62. The Labute approximate surface area is 188 Å². The molecule has 0 atom stereocenters. The van der Waals surface area contributed by atoms with Crippen LogP contribution in [0.3, 0.4) is 0 Å². The highest BCUT2D eigenvalue weighted by Crippen LogP contribution is 2.24. The van der Waals surface area contributed by atoms with E-state index in [1.54, 1.807) is 6.92 Å². The molecule has 2 aliphatic rings. The number of hydrogen-bond donors (Lipinski definition) is 2. The Morgan fingerprint density at radius 1 is 1.06 bits per heavy atom. The van der Waals surface area contributed by atoms with Crippen molar-refractivity contribution in [2.75, 3.05) is 38.5 Å². The third kappa shape index (κ3) is 3.85. The quantitative estimate of drug-likeness (QED) is 0.573. The predicted octanol–water partition coefficient (Wildman–Crippen LogP) is -0.234. The second-order valence-electron chi connectivity index (χ2n) is 7.36. The number of anilines is 1. The summed E-state index contributed by atoms with van der Waals surface area (Å²) < 4.78 is 33.3. The zero-order valence-electron chi connectivity index (χ0n) is 17.6. The number of carbonyl (C=O) groups excluding carboxylic acids is 3. The Morgan fingerprint density at radius 3 is 2.30 bits per heavy atom. The van der Waals surface area contributed by atoms with Crippen molar-refractivity contribution in [2.24, 2.45) is 0 Å². The van der Waals surface area contributed by atoms with Gasteiger partial charge in [-0.2, -0.15) is 4.31 Å². The van der Waals surface area contributed by atoms with Crippen molar-refractivity contribution in [2.45, 2.75) is 11.8 Å². The molecule has 3 amide bonds. The van der Waals surface area contributed by atoms with Crippen LogP contribution in [0.5, 0.6) is 0 Å². The highest BCUT2D eigenvalue weighted by atomic mass is 32.2. The van der Waals surface area contributed by atoms with Crippen molar-refractivity contribution in [3.8, 4) is 5.69 Å². The van der Waals surface area contributed by atoms with Gasteiger partial charge in [0.25, 0.3) is 17.4 Å². The Morgan fingerprint density at radius 2 is 1.70 bits per heavy atom. The second-order valence-corrected chi connectivity index (χ2v) is 9.30. The van der Waals surface area contributed by atoms with E-state index in [1.807, 2.05) is 0 Å². The number of pyridine rings is 1. The first-order chi connectivity index (χ1) is 15.6. The number of imide groups is 1. The molecule has 0 unspecified atom stereocenters. The molecule has 1 fully saturated rings. The van der Waals surface area contributed by atoms with Crippen LogP contribution in [0.4, 0.5) is 10.6 Å². The summed E-state index contributed by atoms with van der Waals surface area (Å²) in [7, 11) is -3.84. The third-order valence-electron chi connectivity index (χ3n) is 5.45. The van der Waals surface area contributed by atoms with Gasteiger partial charge in [0.1, 0.15) is 5.82 Å². The minimum atomic E-state index is -3.84. The SMILES string of the molecule is CCOC(=O)N1CCN(S(=O)(=O)c2ccc(-n3c(N)c4c(cc3=O)C(=O)NC4=O)cc2)CC1. The summed E-state index contributed by atoms with van der Waals surface area (Å²) in [6, 6.07) is 6.44. The molecule has 33 heavy (non-hydrogen) atoms. The van der Waals surface area contributed by atoms with E-state index in [0.29, 0.717) is 0 Å². The van der Waals surface area contributed by atoms with Gasteiger partial charge in [0.2, 0.25) is 10.0 Å². The number of hydrogen-bond acceptors (Lipinski definition) is 8. The molecular weight excluding hydrogens is 454 g/mol. The maximum absolute atomic E-state index is 13.0. The molecule has 0 radical (unpaired) electrons. The molecule has 12 nitrogen and oxygen atoms in total. The average Bonchev–Trinajstić information content (AvgIpc) is 3.07. The van der Waals surface area contributed by atoms with Crippen LogP contribution in [-0.2, 0) is 14.8 Å². The Bertz CT molecular complexity index is 1310. The second kappa shape index (κ2) is 8.33. The predicted molar refractivity (Wildman–Crippen MR) is 116 cm³/mol. The van der Waals surface area contributed by atoms with Crippen molar-refractivity contribution in [1.29, 1.82) is 0 Å². The Kier molecular flexibility index (Phi) is 5.68. The number of sulfonamides is 1. The van der Waals surface area contributed by atoms with Gasteiger partial charge in [0.05, 0.1) is 28.3 Å². The van der Waals surface area contributed by atoms with Crippen LogP contribution in [0.2, 0.25) is 0 Å². The van der Waals surface area contributed by atoms with Gasteiger partial charge in [-0.1, -0.05) is 0 Å². The summed E-state index contributed by atoms with van der Waals surface area (Å²) in [5, 5.41) is 2.08. The zero-order valence-corrected chi connectivity index (χ0v) is 18.4. The van der Waals surface area contributed by atoms with Crippen molar-refractivity contribution in [1.82, 2.24) is 19.1 Å². The fourth-order valence-electron chi connectivity index (χ4n) is 3.79. The van der Waals surface area contributed by atoms with Crippen LogP contribution in [-0.4, -0.2) is 72.9 Å². The number of benzene rings is 1. The van der Waals surface area contributed by atoms with Crippen LogP contribution >= 0.6 is 0 Å². The molecule has 3 heterocycles. The maximum atomic E-state index is 13.0. The summed E-state index contributed by atoms with van der Waals surface area (Å²) in [6.07, 6.45) is -0.480. The van der Waals surface area contributed by atoms with E-state index in [0.717, 1.165) is 10.6 Å². The van der Waals surface area contributed by atoms with Crippen LogP contribution < -0.4 is 16.6 Å². The van der Waals surface area contributed by atoms with Crippen LogP contribution in [0, 0.1) is 0 Å². The largest absolute Gasteiger partial charge is 0.450 e. The molecule has 1 aromatic carbocycles. The molecule has 2 aliphatic heterocycles.